The summed E-state index contributed by atoms with van der Waals surface area (Å²) in [5, 5.41) is 7.10. The van der Waals surface area contributed by atoms with Crippen molar-refractivity contribution in [1.82, 2.24) is 10.6 Å². The molecular formula is C22H37N3O3. The first kappa shape index (κ1) is 21.2. The van der Waals surface area contributed by atoms with E-state index in [1.807, 2.05) is 12.1 Å². The van der Waals surface area contributed by atoms with Crippen LogP contribution in [0.25, 0.3) is 0 Å². The van der Waals surface area contributed by atoms with Crippen molar-refractivity contribution in [3.05, 3.63) is 24.2 Å². The number of rotatable bonds is 10. The third kappa shape index (κ3) is 8.23. The Morgan fingerprint density at radius 3 is 2.79 bits per heavy atom. The number of guanidine groups is 1. The number of hydrogen-bond acceptors (Lipinski definition) is 4. The molecule has 2 N–H and O–H groups in total. The molecule has 3 rings (SSSR count). The quantitative estimate of drug-likeness (QED) is 0.363. The van der Waals surface area contributed by atoms with Gasteiger partial charge in [0, 0.05) is 52.0 Å². The van der Waals surface area contributed by atoms with E-state index in [0.717, 1.165) is 76.9 Å². The Kier molecular flexibility index (Phi) is 9.71. The van der Waals surface area contributed by atoms with Crippen LogP contribution in [-0.4, -0.2) is 51.5 Å². The summed E-state index contributed by atoms with van der Waals surface area (Å²) in [4.78, 5) is 4.78. The summed E-state index contributed by atoms with van der Waals surface area (Å²) < 4.78 is 16.7. The van der Waals surface area contributed by atoms with Crippen LogP contribution in [0.5, 0.6) is 0 Å². The zero-order valence-corrected chi connectivity index (χ0v) is 17.2. The lowest BCUT2D eigenvalue weighted by Gasteiger charge is -2.25. The van der Waals surface area contributed by atoms with Crippen molar-refractivity contribution >= 4 is 5.96 Å². The average molecular weight is 392 g/mol. The fourth-order valence-corrected chi connectivity index (χ4v) is 3.87. The van der Waals surface area contributed by atoms with Crippen molar-refractivity contribution in [3.63, 3.8) is 0 Å². The number of nitrogens with one attached hydrogen (secondary N) is 2. The van der Waals surface area contributed by atoms with Gasteiger partial charge in [-0.2, -0.15) is 0 Å². The van der Waals surface area contributed by atoms with E-state index in [9.17, 15) is 0 Å². The Labute approximate surface area is 169 Å². The maximum absolute atomic E-state index is 5.86. The highest BCUT2D eigenvalue weighted by molar-refractivity contribution is 5.80. The summed E-state index contributed by atoms with van der Waals surface area (Å²) in [6.45, 7) is 5.03. The van der Waals surface area contributed by atoms with Crippen molar-refractivity contribution in [3.8, 4) is 0 Å². The van der Waals surface area contributed by atoms with Crippen molar-refractivity contribution in [2.45, 2.75) is 63.8 Å². The number of furan rings is 1. The highest BCUT2D eigenvalue weighted by Crippen LogP contribution is 2.17. The molecule has 28 heavy (non-hydrogen) atoms. The molecule has 2 heterocycles. The topological polar surface area (TPSA) is 68.0 Å². The van der Waals surface area contributed by atoms with Gasteiger partial charge in [-0.25, -0.2) is 0 Å². The first-order valence-corrected chi connectivity index (χ1v) is 11.1. The molecule has 1 aromatic rings. The van der Waals surface area contributed by atoms with E-state index in [1.54, 1.807) is 6.26 Å². The second-order valence-electron chi connectivity index (χ2n) is 7.95. The van der Waals surface area contributed by atoms with E-state index in [2.05, 4.69) is 10.6 Å². The zero-order valence-electron chi connectivity index (χ0n) is 17.2. The number of aliphatic imine (C=N–C) groups is 1. The standard InChI is InChI=1S/C22H37N3O3/c1-2-6-20(7-3-1)25-22(24-13-9-21-8-4-15-28-21)23-12-5-14-27-18-19-10-16-26-17-11-19/h4,8,15,19-20H,1-3,5-7,9-14,16-18H2,(H2,23,24,25). The largest absolute Gasteiger partial charge is 0.469 e. The Morgan fingerprint density at radius 2 is 2.00 bits per heavy atom. The molecule has 0 aromatic carbocycles. The molecule has 1 aromatic heterocycles. The molecule has 6 heteroatoms. The maximum atomic E-state index is 5.86. The molecule has 0 unspecified atom stereocenters. The predicted octanol–water partition coefficient (Wildman–Crippen LogP) is 3.52. The van der Waals surface area contributed by atoms with Crippen LogP contribution in [0.1, 0.15) is 57.1 Å². The van der Waals surface area contributed by atoms with Crippen LogP contribution in [-0.2, 0) is 15.9 Å². The van der Waals surface area contributed by atoms with Gasteiger partial charge in [0.05, 0.1) is 6.26 Å². The molecule has 0 radical (unpaired) electrons. The number of nitrogens with zero attached hydrogens (tertiary/aromatic N) is 1. The van der Waals surface area contributed by atoms with Gasteiger partial charge in [0.15, 0.2) is 5.96 Å². The van der Waals surface area contributed by atoms with Crippen LogP contribution in [0.15, 0.2) is 27.8 Å². The Morgan fingerprint density at radius 1 is 1.14 bits per heavy atom. The number of ether oxygens (including phenoxy) is 2. The highest BCUT2D eigenvalue weighted by atomic mass is 16.5. The minimum Gasteiger partial charge on any atom is -0.469 e. The second kappa shape index (κ2) is 12.8. The summed E-state index contributed by atoms with van der Waals surface area (Å²) in [5.74, 6) is 2.61. The first-order chi connectivity index (χ1) is 13.9. The third-order valence-electron chi connectivity index (χ3n) is 5.60. The predicted molar refractivity (Wildman–Crippen MR) is 112 cm³/mol. The van der Waals surface area contributed by atoms with Crippen LogP contribution < -0.4 is 10.6 Å². The lowest BCUT2D eigenvalue weighted by atomic mass is 9.96. The van der Waals surface area contributed by atoms with Crippen LogP contribution in [0.2, 0.25) is 0 Å². The molecule has 158 valence electrons. The fourth-order valence-electron chi connectivity index (χ4n) is 3.87. The molecule has 2 aliphatic rings. The normalized spacial score (nSPS) is 19.6. The van der Waals surface area contributed by atoms with Crippen molar-refractivity contribution < 1.29 is 13.9 Å². The SMILES string of the molecule is c1coc(CCNC(=NCCCOCC2CCOCC2)NC2CCCCC2)c1. The summed E-state index contributed by atoms with van der Waals surface area (Å²) in [7, 11) is 0. The summed E-state index contributed by atoms with van der Waals surface area (Å²) >= 11 is 0. The summed E-state index contributed by atoms with van der Waals surface area (Å²) in [5.41, 5.74) is 0. The molecular weight excluding hydrogens is 354 g/mol. The van der Waals surface area contributed by atoms with Gasteiger partial charge in [0.1, 0.15) is 5.76 Å². The van der Waals surface area contributed by atoms with Crippen LogP contribution in [0.4, 0.5) is 0 Å². The van der Waals surface area contributed by atoms with Crippen molar-refractivity contribution in [2.75, 3.05) is 39.5 Å². The van der Waals surface area contributed by atoms with Gasteiger partial charge in [0.25, 0.3) is 0 Å². The van der Waals surface area contributed by atoms with E-state index in [-0.39, 0.29) is 0 Å². The Balaban J connectivity index is 1.35. The van der Waals surface area contributed by atoms with Crippen LogP contribution in [0.3, 0.4) is 0 Å². The van der Waals surface area contributed by atoms with Gasteiger partial charge in [0.2, 0.25) is 0 Å². The first-order valence-electron chi connectivity index (χ1n) is 11.1. The molecule has 1 saturated carbocycles. The van der Waals surface area contributed by atoms with E-state index in [4.69, 9.17) is 18.9 Å². The minimum atomic E-state index is 0.549. The molecule has 0 amide bonds. The summed E-state index contributed by atoms with van der Waals surface area (Å²) in [6, 6.07) is 4.50. The van der Waals surface area contributed by atoms with Gasteiger partial charge in [-0.3, -0.25) is 4.99 Å². The van der Waals surface area contributed by atoms with Crippen molar-refractivity contribution in [2.24, 2.45) is 10.9 Å². The van der Waals surface area contributed by atoms with E-state index < -0.39 is 0 Å². The lowest BCUT2D eigenvalue weighted by Crippen LogP contribution is -2.45. The molecule has 6 nitrogen and oxygen atoms in total. The molecule has 0 spiro atoms. The van der Waals surface area contributed by atoms with Crippen LogP contribution >= 0.6 is 0 Å². The molecule has 1 saturated heterocycles. The summed E-state index contributed by atoms with van der Waals surface area (Å²) in [6.07, 6.45) is 12.3. The van der Waals surface area contributed by atoms with E-state index >= 15 is 0 Å². The van der Waals surface area contributed by atoms with Gasteiger partial charge >= 0.3 is 0 Å². The van der Waals surface area contributed by atoms with Crippen molar-refractivity contribution in [1.29, 1.82) is 0 Å². The van der Waals surface area contributed by atoms with Gasteiger partial charge < -0.3 is 24.5 Å². The molecule has 0 bridgehead atoms. The van der Waals surface area contributed by atoms with Gasteiger partial charge in [-0.1, -0.05) is 19.3 Å². The van der Waals surface area contributed by atoms with E-state index in [1.165, 1.54) is 32.1 Å². The third-order valence-corrected chi connectivity index (χ3v) is 5.60. The smallest absolute Gasteiger partial charge is 0.191 e. The maximum Gasteiger partial charge on any atom is 0.191 e. The van der Waals surface area contributed by atoms with Gasteiger partial charge in [-0.15, -0.1) is 0 Å². The average Bonchev–Trinajstić information content (AvgIpc) is 3.25. The molecule has 2 fully saturated rings. The van der Waals surface area contributed by atoms with Crippen LogP contribution in [0, 0.1) is 5.92 Å². The molecule has 1 aliphatic heterocycles. The van der Waals surface area contributed by atoms with E-state index in [0.29, 0.717) is 12.0 Å². The monoisotopic (exact) mass is 391 g/mol. The molecule has 1 aliphatic carbocycles. The minimum absolute atomic E-state index is 0.549. The second-order valence-corrected chi connectivity index (χ2v) is 7.95. The number of hydrogen-bond donors (Lipinski definition) is 2. The zero-order chi connectivity index (χ0) is 19.3. The van der Waals surface area contributed by atoms with Gasteiger partial charge in [-0.05, 0) is 50.2 Å². The lowest BCUT2D eigenvalue weighted by molar-refractivity contribution is 0.0205. The Bertz CT molecular complexity index is 535. The fraction of sp³-hybridized carbons (Fsp3) is 0.773. The molecule has 0 atom stereocenters. The Hall–Kier alpha value is -1.53. The highest BCUT2D eigenvalue weighted by Gasteiger charge is 2.15.